The smallest absolute Gasteiger partial charge is 0.251 e. The molecule has 5 nitrogen and oxygen atoms in total. The summed E-state index contributed by atoms with van der Waals surface area (Å²) < 4.78 is 16.4. The van der Waals surface area contributed by atoms with Crippen molar-refractivity contribution in [2.75, 3.05) is 27.4 Å². The monoisotopic (exact) mass is 357 g/mol. The van der Waals surface area contributed by atoms with Gasteiger partial charge < -0.3 is 19.5 Å². The van der Waals surface area contributed by atoms with Crippen LogP contribution in [0.2, 0.25) is 0 Å². The van der Waals surface area contributed by atoms with Gasteiger partial charge in [0.05, 0.1) is 19.8 Å². The van der Waals surface area contributed by atoms with E-state index in [1.807, 2.05) is 36.4 Å². The Bertz CT molecular complexity index is 685. The summed E-state index contributed by atoms with van der Waals surface area (Å²) in [6, 6.07) is 14.8. The van der Waals surface area contributed by atoms with Crippen LogP contribution < -0.4 is 14.8 Å². The Morgan fingerprint density at radius 1 is 1.08 bits per heavy atom. The zero-order valence-electron chi connectivity index (χ0n) is 15.7. The molecule has 0 aliphatic carbocycles. The Morgan fingerprint density at radius 2 is 1.85 bits per heavy atom. The van der Waals surface area contributed by atoms with Crippen molar-refractivity contribution in [1.82, 2.24) is 5.32 Å². The van der Waals surface area contributed by atoms with Gasteiger partial charge in [-0.2, -0.15) is 0 Å². The van der Waals surface area contributed by atoms with Gasteiger partial charge in [0.2, 0.25) is 0 Å². The van der Waals surface area contributed by atoms with Gasteiger partial charge in [-0.1, -0.05) is 25.5 Å². The quantitative estimate of drug-likeness (QED) is 0.653. The van der Waals surface area contributed by atoms with Gasteiger partial charge in [0.1, 0.15) is 11.5 Å². The van der Waals surface area contributed by atoms with Gasteiger partial charge in [-0.3, -0.25) is 4.79 Å². The fourth-order valence-corrected chi connectivity index (χ4v) is 2.50. The number of ether oxygens (including phenoxy) is 3. The Hall–Kier alpha value is -2.53. The van der Waals surface area contributed by atoms with Gasteiger partial charge >= 0.3 is 0 Å². The second kappa shape index (κ2) is 10.5. The van der Waals surface area contributed by atoms with Crippen molar-refractivity contribution in [1.29, 1.82) is 0 Å². The lowest BCUT2D eigenvalue weighted by Crippen LogP contribution is -2.29. The van der Waals surface area contributed by atoms with E-state index in [1.165, 1.54) is 0 Å². The molecule has 0 unspecified atom stereocenters. The van der Waals surface area contributed by atoms with E-state index < -0.39 is 0 Å². The van der Waals surface area contributed by atoms with E-state index in [0.29, 0.717) is 18.7 Å². The molecule has 1 atom stereocenters. The number of carbonyl (C=O) groups excluding carboxylic acids is 1. The first-order chi connectivity index (χ1) is 12.7. The summed E-state index contributed by atoms with van der Waals surface area (Å²) in [6.45, 7) is 3.19. The first-order valence-corrected chi connectivity index (χ1v) is 8.85. The number of methoxy groups -OCH3 is 2. The average molecular weight is 357 g/mol. The van der Waals surface area contributed by atoms with E-state index in [9.17, 15) is 4.79 Å². The van der Waals surface area contributed by atoms with Crippen LogP contribution in [0.15, 0.2) is 48.5 Å². The molecule has 0 fully saturated rings. The van der Waals surface area contributed by atoms with Crippen LogP contribution in [-0.4, -0.2) is 33.3 Å². The van der Waals surface area contributed by atoms with Crippen molar-refractivity contribution < 1.29 is 19.0 Å². The molecule has 140 valence electrons. The minimum atomic E-state index is -0.245. The summed E-state index contributed by atoms with van der Waals surface area (Å²) in [7, 11) is 3.25. The minimum Gasteiger partial charge on any atom is -0.497 e. The second-order valence-corrected chi connectivity index (χ2v) is 5.94. The molecular formula is C21H27NO4. The minimum absolute atomic E-state index is 0.143. The molecule has 26 heavy (non-hydrogen) atoms. The predicted molar refractivity (Wildman–Crippen MR) is 102 cm³/mol. The largest absolute Gasteiger partial charge is 0.497 e. The standard InChI is InChI=1S/C21H27NO4/c1-4-5-13-26-18-11-9-16(10-12-18)21(23)22-15-20(25-3)17-7-6-8-19(14-17)24-2/h6-12,14,20H,4-5,13,15H2,1-3H3,(H,22,23)/t20-/m1/s1. The number of carbonyl (C=O) groups is 1. The van der Waals surface area contributed by atoms with Crippen LogP contribution in [0.5, 0.6) is 11.5 Å². The number of nitrogens with one attached hydrogen (secondary N) is 1. The highest BCUT2D eigenvalue weighted by Gasteiger charge is 2.14. The third kappa shape index (κ3) is 5.77. The summed E-state index contributed by atoms with van der Waals surface area (Å²) in [4.78, 5) is 12.4. The zero-order valence-corrected chi connectivity index (χ0v) is 15.7. The van der Waals surface area contributed by atoms with E-state index >= 15 is 0 Å². The van der Waals surface area contributed by atoms with Crippen molar-refractivity contribution in [3.63, 3.8) is 0 Å². The van der Waals surface area contributed by atoms with E-state index in [0.717, 1.165) is 29.9 Å². The molecule has 5 heteroatoms. The third-order valence-corrected chi connectivity index (χ3v) is 4.08. The Balaban J connectivity index is 1.91. The molecule has 0 aliphatic heterocycles. The number of benzene rings is 2. The zero-order chi connectivity index (χ0) is 18.8. The van der Waals surface area contributed by atoms with Gasteiger partial charge in [-0.25, -0.2) is 0 Å². The predicted octanol–water partition coefficient (Wildman–Crippen LogP) is 3.99. The number of hydrogen-bond donors (Lipinski definition) is 1. The highest BCUT2D eigenvalue weighted by molar-refractivity contribution is 5.94. The van der Waals surface area contributed by atoms with Gasteiger partial charge in [-0.05, 0) is 48.4 Å². The van der Waals surface area contributed by atoms with E-state index in [2.05, 4.69) is 12.2 Å². The molecule has 1 amide bonds. The molecule has 0 saturated carbocycles. The molecule has 2 rings (SSSR count). The van der Waals surface area contributed by atoms with Crippen molar-refractivity contribution >= 4 is 5.91 Å². The highest BCUT2D eigenvalue weighted by atomic mass is 16.5. The summed E-state index contributed by atoms with van der Waals surface area (Å²) in [5.41, 5.74) is 1.54. The van der Waals surface area contributed by atoms with Crippen molar-refractivity contribution in [2.45, 2.75) is 25.9 Å². The fourth-order valence-electron chi connectivity index (χ4n) is 2.50. The van der Waals surface area contributed by atoms with Gasteiger partial charge in [0, 0.05) is 19.2 Å². The van der Waals surface area contributed by atoms with Crippen molar-refractivity contribution in [3.8, 4) is 11.5 Å². The van der Waals surface area contributed by atoms with Crippen molar-refractivity contribution in [3.05, 3.63) is 59.7 Å². The molecule has 0 saturated heterocycles. The van der Waals surface area contributed by atoms with Gasteiger partial charge in [0.15, 0.2) is 0 Å². The highest BCUT2D eigenvalue weighted by Crippen LogP contribution is 2.21. The fraction of sp³-hybridized carbons (Fsp3) is 0.381. The van der Waals surface area contributed by atoms with Crippen molar-refractivity contribution in [2.24, 2.45) is 0 Å². The maximum Gasteiger partial charge on any atom is 0.251 e. The number of rotatable bonds is 10. The van der Waals surface area contributed by atoms with Crippen LogP contribution >= 0.6 is 0 Å². The lowest BCUT2D eigenvalue weighted by atomic mass is 10.1. The molecule has 2 aromatic carbocycles. The summed E-state index contributed by atoms with van der Waals surface area (Å²) in [6.07, 6.45) is 1.87. The van der Waals surface area contributed by atoms with E-state index in [-0.39, 0.29) is 12.0 Å². The Kier molecular flexibility index (Phi) is 7.96. The summed E-state index contributed by atoms with van der Waals surface area (Å²) in [5, 5.41) is 2.91. The van der Waals surface area contributed by atoms with Crippen LogP contribution in [0, 0.1) is 0 Å². The molecule has 0 aromatic heterocycles. The normalized spacial score (nSPS) is 11.7. The lowest BCUT2D eigenvalue weighted by molar-refractivity contribution is 0.0827. The second-order valence-electron chi connectivity index (χ2n) is 5.94. The van der Waals surface area contributed by atoms with Crippen LogP contribution in [0.4, 0.5) is 0 Å². The maximum absolute atomic E-state index is 12.4. The van der Waals surface area contributed by atoms with E-state index in [4.69, 9.17) is 14.2 Å². The van der Waals surface area contributed by atoms with E-state index in [1.54, 1.807) is 26.4 Å². The molecule has 0 radical (unpaired) electrons. The third-order valence-electron chi connectivity index (χ3n) is 4.08. The molecular weight excluding hydrogens is 330 g/mol. The molecule has 1 N–H and O–H groups in total. The Labute approximate surface area is 155 Å². The molecule has 0 bridgehead atoms. The van der Waals surface area contributed by atoms with Gasteiger partial charge in [0.25, 0.3) is 5.91 Å². The lowest BCUT2D eigenvalue weighted by Gasteiger charge is -2.17. The van der Waals surface area contributed by atoms with Crippen LogP contribution in [0.1, 0.15) is 41.8 Å². The first kappa shape index (κ1) is 19.8. The van der Waals surface area contributed by atoms with Gasteiger partial charge in [-0.15, -0.1) is 0 Å². The Morgan fingerprint density at radius 3 is 2.50 bits per heavy atom. The van der Waals surface area contributed by atoms with Crippen LogP contribution in [0.25, 0.3) is 0 Å². The van der Waals surface area contributed by atoms with Crippen LogP contribution in [-0.2, 0) is 4.74 Å². The average Bonchev–Trinajstić information content (AvgIpc) is 2.69. The molecule has 0 heterocycles. The topological polar surface area (TPSA) is 56.8 Å². The summed E-state index contributed by atoms with van der Waals surface area (Å²) >= 11 is 0. The van der Waals surface area contributed by atoms with Crippen LogP contribution in [0.3, 0.4) is 0 Å². The SMILES string of the molecule is CCCCOc1ccc(C(=O)NC[C@@H](OC)c2cccc(OC)c2)cc1. The number of hydrogen-bond acceptors (Lipinski definition) is 4. The summed E-state index contributed by atoms with van der Waals surface area (Å²) in [5.74, 6) is 1.39. The number of unbranched alkanes of at least 4 members (excludes halogenated alkanes) is 1. The molecule has 0 aliphatic rings. The molecule has 0 spiro atoms. The maximum atomic E-state index is 12.4. The molecule has 2 aromatic rings. The number of amides is 1. The first-order valence-electron chi connectivity index (χ1n) is 8.85.